The number of rotatable bonds is 3. The molecule has 1 aromatic heterocycles. The minimum atomic E-state index is -0.380. The lowest BCUT2D eigenvalue weighted by molar-refractivity contribution is 0.356. The highest BCUT2D eigenvalue weighted by Gasteiger charge is 2.13. The number of nitrogens with zero attached hydrogens (tertiary/aromatic N) is 1. The molecule has 5 heteroatoms. The molecule has 0 radical (unpaired) electrons. The maximum Gasteiger partial charge on any atom is 0.345 e. The number of aromatic amines is 1. The summed E-state index contributed by atoms with van der Waals surface area (Å²) in [7, 11) is 3.12. The molecule has 0 fully saturated rings. The zero-order chi connectivity index (χ0) is 13.1. The third-order valence-electron chi connectivity index (χ3n) is 2.56. The minimum absolute atomic E-state index is 0.380. The zero-order valence-electron chi connectivity index (χ0n) is 10.5. The van der Waals surface area contributed by atoms with Crippen molar-refractivity contribution in [2.45, 2.75) is 6.92 Å². The maximum atomic E-state index is 11.4. The number of benzene rings is 1. The van der Waals surface area contributed by atoms with Crippen molar-refractivity contribution in [3.05, 3.63) is 40.4 Å². The van der Waals surface area contributed by atoms with Gasteiger partial charge in [-0.3, -0.25) is 0 Å². The second-order valence-corrected chi connectivity index (χ2v) is 3.80. The summed E-state index contributed by atoms with van der Waals surface area (Å²) in [4.78, 5) is 17.9. The second kappa shape index (κ2) is 4.91. The largest absolute Gasteiger partial charge is 0.493 e. The van der Waals surface area contributed by atoms with E-state index >= 15 is 0 Å². The normalized spacial score (nSPS) is 10.2. The number of aryl methyl sites for hydroxylation is 1. The highest BCUT2D eigenvalue weighted by Crippen LogP contribution is 2.36. The molecule has 0 amide bonds. The lowest BCUT2D eigenvalue weighted by atomic mass is 10.1. The van der Waals surface area contributed by atoms with Gasteiger partial charge in [0.2, 0.25) is 0 Å². The van der Waals surface area contributed by atoms with Crippen molar-refractivity contribution < 1.29 is 9.47 Å². The van der Waals surface area contributed by atoms with E-state index in [0.717, 1.165) is 11.3 Å². The molecule has 1 N–H and O–H groups in total. The average Bonchev–Trinajstić information content (AvgIpc) is 2.36. The number of nitrogens with one attached hydrogen (secondary N) is 1. The van der Waals surface area contributed by atoms with Gasteiger partial charge < -0.3 is 14.5 Å². The quantitative estimate of drug-likeness (QED) is 0.896. The second-order valence-electron chi connectivity index (χ2n) is 3.80. The molecule has 0 saturated carbocycles. The van der Waals surface area contributed by atoms with Gasteiger partial charge in [0.05, 0.1) is 19.9 Å². The summed E-state index contributed by atoms with van der Waals surface area (Å²) in [6.07, 6.45) is 0. The fourth-order valence-electron chi connectivity index (χ4n) is 1.81. The predicted octanol–water partition coefficient (Wildman–Crippen LogP) is 1.76. The van der Waals surface area contributed by atoms with Gasteiger partial charge in [-0.2, -0.15) is 4.98 Å². The molecule has 0 aliphatic heterocycles. The van der Waals surface area contributed by atoms with Crippen LogP contribution in [0.5, 0.6) is 11.5 Å². The van der Waals surface area contributed by atoms with Crippen molar-refractivity contribution in [3.8, 4) is 22.8 Å². The third kappa shape index (κ3) is 2.20. The van der Waals surface area contributed by atoms with Crippen LogP contribution in [0.3, 0.4) is 0 Å². The van der Waals surface area contributed by atoms with Gasteiger partial charge in [-0.15, -0.1) is 0 Å². The Kier molecular flexibility index (Phi) is 3.32. The molecule has 0 atom stereocenters. The van der Waals surface area contributed by atoms with Crippen LogP contribution >= 0.6 is 0 Å². The molecule has 1 heterocycles. The average molecular weight is 246 g/mol. The number of hydrogen-bond acceptors (Lipinski definition) is 4. The predicted molar refractivity (Wildman–Crippen MR) is 68.1 cm³/mol. The van der Waals surface area contributed by atoms with Crippen LogP contribution < -0.4 is 15.2 Å². The molecule has 1 aromatic carbocycles. The standard InChI is InChI=1S/C13H14N2O3/c1-8-7-10(15-13(16)14-8)9-5-4-6-11(17-2)12(9)18-3/h4-7H,1-3H3,(H,14,15,16). The van der Waals surface area contributed by atoms with Gasteiger partial charge in [-0.05, 0) is 25.1 Å². The van der Waals surface area contributed by atoms with E-state index in [9.17, 15) is 4.79 Å². The van der Waals surface area contributed by atoms with Crippen LogP contribution in [0.15, 0.2) is 29.1 Å². The van der Waals surface area contributed by atoms with E-state index in [1.165, 1.54) is 0 Å². The van der Waals surface area contributed by atoms with Crippen molar-refractivity contribution in [2.24, 2.45) is 0 Å². The number of methoxy groups -OCH3 is 2. The first-order chi connectivity index (χ1) is 8.65. The topological polar surface area (TPSA) is 64.2 Å². The lowest BCUT2D eigenvalue weighted by Crippen LogP contribution is -2.12. The molecule has 2 rings (SSSR count). The van der Waals surface area contributed by atoms with Crippen LogP contribution in [-0.4, -0.2) is 24.2 Å². The van der Waals surface area contributed by atoms with Gasteiger partial charge >= 0.3 is 5.69 Å². The Morgan fingerprint density at radius 1 is 1.22 bits per heavy atom. The van der Waals surface area contributed by atoms with E-state index in [4.69, 9.17) is 9.47 Å². The molecule has 0 aliphatic rings. The lowest BCUT2D eigenvalue weighted by Gasteiger charge is -2.12. The molecule has 0 aliphatic carbocycles. The smallest absolute Gasteiger partial charge is 0.345 e. The molecule has 2 aromatic rings. The molecule has 5 nitrogen and oxygen atoms in total. The van der Waals surface area contributed by atoms with Crippen molar-refractivity contribution in [1.82, 2.24) is 9.97 Å². The molecular formula is C13H14N2O3. The Balaban J connectivity index is 2.66. The Morgan fingerprint density at radius 3 is 2.61 bits per heavy atom. The summed E-state index contributed by atoms with van der Waals surface area (Å²) in [5, 5.41) is 0. The van der Waals surface area contributed by atoms with E-state index in [1.54, 1.807) is 33.3 Å². The summed E-state index contributed by atoms with van der Waals surface area (Å²) in [6.45, 7) is 1.80. The van der Waals surface area contributed by atoms with Crippen molar-refractivity contribution in [2.75, 3.05) is 14.2 Å². The van der Waals surface area contributed by atoms with E-state index in [2.05, 4.69) is 9.97 Å². The fraction of sp³-hybridized carbons (Fsp3) is 0.231. The number of ether oxygens (including phenoxy) is 2. The van der Waals surface area contributed by atoms with Crippen LogP contribution in [0.2, 0.25) is 0 Å². The highest BCUT2D eigenvalue weighted by atomic mass is 16.5. The number of aromatic nitrogens is 2. The van der Waals surface area contributed by atoms with Crippen molar-refractivity contribution in [1.29, 1.82) is 0 Å². The van der Waals surface area contributed by atoms with Crippen LogP contribution in [0.4, 0.5) is 0 Å². The van der Waals surface area contributed by atoms with Crippen LogP contribution in [0, 0.1) is 6.92 Å². The molecular weight excluding hydrogens is 232 g/mol. The van der Waals surface area contributed by atoms with Crippen LogP contribution in [-0.2, 0) is 0 Å². The van der Waals surface area contributed by atoms with Crippen LogP contribution in [0.1, 0.15) is 5.69 Å². The van der Waals surface area contributed by atoms with Gasteiger partial charge in [0.25, 0.3) is 0 Å². The van der Waals surface area contributed by atoms with E-state index in [-0.39, 0.29) is 5.69 Å². The Labute approximate surface area is 104 Å². The third-order valence-corrected chi connectivity index (χ3v) is 2.56. The van der Waals surface area contributed by atoms with Gasteiger partial charge in [0, 0.05) is 11.3 Å². The number of para-hydroxylation sites is 1. The summed E-state index contributed by atoms with van der Waals surface area (Å²) in [5.41, 5.74) is 1.66. The Bertz CT molecular complexity index is 620. The number of hydrogen-bond donors (Lipinski definition) is 1. The highest BCUT2D eigenvalue weighted by molar-refractivity contribution is 5.71. The summed E-state index contributed by atoms with van der Waals surface area (Å²) in [6, 6.07) is 7.25. The zero-order valence-corrected chi connectivity index (χ0v) is 10.5. The first-order valence-corrected chi connectivity index (χ1v) is 5.45. The monoisotopic (exact) mass is 246 g/mol. The van der Waals surface area contributed by atoms with Gasteiger partial charge in [-0.1, -0.05) is 6.07 Å². The first kappa shape index (κ1) is 12.2. The Hall–Kier alpha value is -2.30. The SMILES string of the molecule is COc1cccc(-c2cc(C)[nH]c(=O)n2)c1OC. The van der Waals surface area contributed by atoms with Crippen molar-refractivity contribution >= 4 is 0 Å². The van der Waals surface area contributed by atoms with Gasteiger partial charge in [0.15, 0.2) is 11.5 Å². The van der Waals surface area contributed by atoms with Gasteiger partial charge in [0.1, 0.15) is 0 Å². The first-order valence-electron chi connectivity index (χ1n) is 5.45. The minimum Gasteiger partial charge on any atom is -0.493 e. The van der Waals surface area contributed by atoms with Crippen molar-refractivity contribution in [3.63, 3.8) is 0 Å². The molecule has 0 saturated heterocycles. The summed E-state index contributed by atoms with van der Waals surface area (Å²) >= 11 is 0. The van der Waals surface area contributed by atoms with Crippen LogP contribution in [0.25, 0.3) is 11.3 Å². The molecule has 0 spiro atoms. The molecule has 94 valence electrons. The molecule has 0 unspecified atom stereocenters. The van der Waals surface area contributed by atoms with E-state index < -0.39 is 0 Å². The summed E-state index contributed by atoms with van der Waals surface area (Å²) < 4.78 is 10.5. The maximum absolute atomic E-state index is 11.4. The fourth-order valence-corrected chi connectivity index (χ4v) is 1.81. The van der Waals surface area contributed by atoms with E-state index in [0.29, 0.717) is 17.2 Å². The molecule has 18 heavy (non-hydrogen) atoms. The summed E-state index contributed by atoms with van der Waals surface area (Å²) in [5.74, 6) is 1.17. The van der Waals surface area contributed by atoms with Gasteiger partial charge in [-0.25, -0.2) is 4.79 Å². The number of H-pyrrole nitrogens is 1. The van der Waals surface area contributed by atoms with E-state index in [1.807, 2.05) is 12.1 Å². The molecule has 0 bridgehead atoms. The Morgan fingerprint density at radius 2 is 2.00 bits per heavy atom.